The number of hydrogen-bond donors (Lipinski definition) is 3. The van der Waals surface area contributed by atoms with Crippen LogP contribution in [0.4, 0.5) is 5.69 Å². The number of anilines is 1. The molecule has 18 heavy (non-hydrogen) atoms. The summed E-state index contributed by atoms with van der Waals surface area (Å²) in [7, 11) is 0. The van der Waals surface area contributed by atoms with Crippen molar-refractivity contribution in [3.05, 3.63) is 60.2 Å². The van der Waals surface area contributed by atoms with E-state index in [0.29, 0.717) is 11.7 Å². The van der Waals surface area contributed by atoms with Gasteiger partial charge in [-0.05, 0) is 42.0 Å². The number of aromatic hydroxyl groups is 1. The molecule has 0 radical (unpaired) electrons. The summed E-state index contributed by atoms with van der Waals surface area (Å²) >= 11 is 5.18. The predicted octanol–water partition coefficient (Wildman–Crippen LogP) is 2.88. The first-order valence-corrected chi connectivity index (χ1v) is 6.03. The standard InChI is InChI=1S/C14H14N2OS/c17-13-8-6-12(7-9-13)16-14(18)15-10-11-4-2-1-3-5-11/h1-9,17H,10H2,(H2,15,16,18). The third-order valence-corrected chi connectivity index (χ3v) is 2.67. The van der Waals surface area contributed by atoms with E-state index >= 15 is 0 Å². The van der Waals surface area contributed by atoms with E-state index < -0.39 is 0 Å². The van der Waals surface area contributed by atoms with E-state index in [1.807, 2.05) is 30.3 Å². The van der Waals surface area contributed by atoms with Crippen molar-refractivity contribution in [3.8, 4) is 5.75 Å². The van der Waals surface area contributed by atoms with E-state index in [0.717, 1.165) is 5.69 Å². The van der Waals surface area contributed by atoms with Crippen LogP contribution in [0.15, 0.2) is 54.6 Å². The number of phenols is 1. The van der Waals surface area contributed by atoms with Gasteiger partial charge >= 0.3 is 0 Å². The molecule has 0 saturated carbocycles. The van der Waals surface area contributed by atoms with Gasteiger partial charge in [0.15, 0.2) is 5.11 Å². The van der Waals surface area contributed by atoms with Crippen LogP contribution in [0.1, 0.15) is 5.56 Å². The zero-order chi connectivity index (χ0) is 12.8. The quantitative estimate of drug-likeness (QED) is 0.585. The van der Waals surface area contributed by atoms with Crippen molar-refractivity contribution in [2.45, 2.75) is 6.54 Å². The van der Waals surface area contributed by atoms with Gasteiger partial charge < -0.3 is 15.7 Å². The Bertz CT molecular complexity index is 511. The predicted molar refractivity (Wildman–Crippen MR) is 77.6 cm³/mol. The second kappa shape index (κ2) is 6.02. The van der Waals surface area contributed by atoms with Crippen LogP contribution < -0.4 is 10.6 Å². The Morgan fingerprint density at radius 1 is 1.00 bits per heavy atom. The molecule has 2 aromatic rings. The molecular weight excluding hydrogens is 244 g/mol. The Labute approximate surface area is 111 Å². The van der Waals surface area contributed by atoms with Crippen molar-refractivity contribution in [1.29, 1.82) is 0 Å². The van der Waals surface area contributed by atoms with Crippen molar-refractivity contribution in [3.63, 3.8) is 0 Å². The molecule has 3 nitrogen and oxygen atoms in total. The zero-order valence-corrected chi connectivity index (χ0v) is 10.6. The van der Waals surface area contributed by atoms with Crippen LogP contribution in [-0.4, -0.2) is 10.2 Å². The lowest BCUT2D eigenvalue weighted by atomic mass is 10.2. The monoisotopic (exact) mass is 258 g/mol. The van der Waals surface area contributed by atoms with Crippen molar-refractivity contribution >= 4 is 23.0 Å². The third kappa shape index (κ3) is 3.75. The number of nitrogens with one attached hydrogen (secondary N) is 2. The van der Waals surface area contributed by atoms with Crippen molar-refractivity contribution in [1.82, 2.24) is 5.32 Å². The van der Waals surface area contributed by atoms with Gasteiger partial charge in [-0.2, -0.15) is 0 Å². The molecule has 92 valence electrons. The molecule has 0 atom stereocenters. The summed E-state index contributed by atoms with van der Waals surface area (Å²) < 4.78 is 0. The number of thiocarbonyl (C=S) groups is 1. The van der Waals surface area contributed by atoms with Gasteiger partial charge in [0.25, 0.3) is 0 Å². The molecule has 4 heteroatoms. The van der Waals surface area contributed by atoms with Crippen molar-refractivity contribution in [2.24, 2.45) is 0 Å². The fourth-order valence-electron chi connectivity index (χ4n) is 1.50. The number of benzene rings is 2. The topological polar surface area (TPSA) is 44.3 Å². The molecule has 0 heterocycles. The molecule has 3 N–H and O–H groups in total. The molecular formula is C14H14N2OS. The van der Waals surface area contributed by atoms with Crippen LogP contribution in [0.3, 0.4) is 0 Å². The van der Waals surface area contributed by atoms with Crippen LogP contribution in [0.5, 0.6) is 5.75 Å². The summed E-state index contributed by atoms with van der Waals surface area (Å²) in [6, 6.07) is 16.8. The smallest absolute Gasteiger partial charge is 0.171 e. The largest absolute Gasteiger partial charge is 0.508 e. The maximum Gasteiger partial charge on any atom is 0.171 e. The molecule has 0 spiro atoms. The van der Waals surface area contributed by atoms with Crippen molar-refractivity contribution < 1.29 is 5.11 Å². The van der Waals surface area contributed by atoms with E-state index in [2.05, 4.69) is 10.6 Å². The van der Waals surface area contributed by atoms with Crippen LogP contribution in [0.2, 0.25) is 0 Å². The van der Waals surface area contributed by atoms with Crippen molar-refractivity contribution in [2.75, 3.05) is 5.32 Å². The summed E-state index contributed by atoms with van der Waals surface area (Å²) in [5, 5.41) is 15.9. The molecule has 0 bridgehead atoms. The molecule has 2 aromatic carbocycles. The molecule has 0 aliphatic rings. The van der Waals surface area contributed by atoms with E-state index in [1.165, 1.54) is 5.56 Å². The Morgan fingerprint density at radius 2 is 1.67 bits per heavy atom. The van der Waals surface area contributed by atoms with Crippen LogP contribution in [0.25, 0.3) is 0 Å². The minimum absolute atomic E-state index is 0.240. The Kier molecular flexibility index (Phi) is 4.15. The second-order valence-corrected chi connectivity index (χ2v) is 4.25. The molecule has 0 unspecified atom stereocenters. The fourth-order valence-corrected chi connectivity index (χ4v) is 1.69. The van der Waals surface area contributed by atoms with Gasteiger partial charge in [0.2, 0.25) is 0 Å². The van der Waals surface area contributed by atoms with Gasteiger partial charge in [0, 0.05) is 12.2 Å². The van der Waals surface area contributed by atoms with E-state index in [1.54, 1.807) is 24.3 Å². The lowest BCUT2D eigenvalue weighted by Gasteiger charge is -2.10. The van der Waals surface area contributed by atoms with E-state index in [4.69, 9.17) is 17.3 Å². The summed E-state index contributed by atoms with van der Waals surface area (Å²) in [5.41, 5.74) is 2.02. The Balaban J connectivity index is 1.84. The highest BCUT2D eigenvalue weighted by molar-refractivity contribution is 7.80. The Morgan fingerprint density at radius 3 is 2.33 bits per heavy atom. The first kappa shape index (κ1) is 12.4. The second-order valence-electron chi connectivity index (χ2n) is 3.84. The van der Waals surface area contributed by atoms with E-state index in [9.17, 15) is 0 Å². The van der Waals surface area contributed by atoms with E-state index in [-0.39, 0.29) is 5.75 Å². The Hall–Kier alpha value is -2.07. The van der Waals surface area contributed by atoms with Crippen LogP contribution >= 0.6 is 12.2 Å². The molecule has 0 fully saturated rings. The summed E-state index contributed by atoms with van der Waals surface area (Å²) in [6.45, 7) is 0.685. The van der Waals surface area contributed by atoms with Gasteiger partial charge in [-0.25, -0.2) is 0 Å². The third-order valence-electron chi connectivity index (χ3n) is 2.42. The highest BCUT2D eigenvalue weighted by Crippen LogP contribution is 2.13. The average molecular weight is 258 g/mol. The van der Waals surface area contributed by atoms with Gasteiger partial charge in [-0.15, -0.1) is 0 Å². The highest BCUT2D eigenvalue weighted by atomic mass is 32.1. The average Bonchev–Trinajstić information content (AvgIpc) is 2.40. The molecule has 0 aliphatic carbocycles. The number of hydrogen-bond acceptors (Lipinski definition) is 2. The first-order chi connectivity index (χ1) is 8.74. The maximum absolute atomic E-state index is 9.17. The number of phenolic OH excluding ortho intramolecular Hbond substituents is 1. The van der Waals surface area contributed by atoms with Gasteiger partial charge in [0.1, 0.15) is 5.75 Å². The molecule has 2 rings (SSSR count). The van der Waals surface area contributed by atoms with Gasteiger partial charge in [0.05, 0.1) is 0 Å². The summed E-state index contributed by atoms with van der Waals surface area (Å²) in [5.74, 6) is 0.240. The fraction of sp³-hybridized carbons (Fsp3) is 0.0714. The molecule has 0 saturated heterocycles. The van der Waals surface area contributed by atoms with Crippen LogP contribution in [-0.2, 0) is 6.54 Å². The number of rotatable bonds is 3. The minimum Gasteiger partial charge on any atom is -0.508 e. The minimum atomic E-state index is 0.240. The SMILES string of the molecule is Oc1ccc(NC(=S)NCc2ccccc2)cc1. The maximum atomic E-state index is 9.17. The highest BCUT2D eigenvalue weighted by Gasteiger charge is 1.98. The lowest BCUT2D eigenvalue weighted by Crippen LogP contribution is -2.27. The first-order valence-electron chi connectivity index (χ1n) is 5.62. The normalized spacial score (nSPS) is 9.78. The molecule has 0 aromatic heterocycles. The van der Waals surface area contributed by atoms with Gasteiger partial charge in [-0.1, -0.05) is 30.3 Å². The molecule has 0 amide bonds. The lowest BCUT2D eigenvalue weighted by molar-refractivity contribution is 0.475. The van der Waals surface area contributed by atoms with Gasteiger partial charge in [-0.3, -0.25) is 0 Å². The van der Waals surface area contributed by atoms with Crippen LogP contribution in [0, 0.1) is 0 Å². The summed E-state index contributed by atoms with van der Waals surface area (Å²) in [6.07, 6.45) is 0. The summed E-state index contributed by atoms with van der Waals surface area (Å²) in [4.78, 5) is 0. The molecule has 0 aliphatic heterocycles. The zero-order valence-electron chi connectivity index (χ0n) is 9.76.